The predicted molar refractivity (Wildman–Crippen MR) is 71.8 cm³/mol. The normalized spacial score (nSPS) is 11.9. The summed E-state index contributed by atoms with van der Waals surface area (Å²) >= 11 is 0. The number of halogens is 1. The second kappa shape index (κ2) is 6.83. The Morgan fingerprint density at radius 2 is 2.22 bits per heavy atom. The zero-order chi connectivity index (χ0) is 13.5. The molecule has 0 spiro atoms. The molecule has 1 aromatic carbocycles. The summed E-state index contributed by atoms with van der Waals surface area (Å²) < 4.78 is 13.4. The van der Waals surface area contributed by atoms with E-state index < -0.39 is 5.82 Å². The van der Waals surface area contributed by atoms with Gasteiger partial charge >= 0.3 is 0 Å². The smallest absolute Gasteiger partial charge is 0.221 e. The fourth-order valence-electron chi connectivity index (χ4n) is 1.48. The van der Waals surface area contributed by atoms with Crippen molar-refractivity contribution in [3.05, 3.63) is 24.0 Å². The molecule has 4 N–H and O–H groups in total. The lowest BCUT2D eigenvalue weighted by atomic mass is 10.2. The minimum Gasteiger partial charge on any atom is -0.397 e. The van der Waals surface area contributed by atoms with Crippen LogP contribution in [0, 0.1) is 5.82 Å². The quantitative estimate of drug-likeness (QED) is 0.680. The van der Waals surface area contributed by atoms with E-state index in [0.717, 1.165) is 6.42 Å². The standard InChI is InChI=1S/C13H20FN3O/c1-3-9(2)17-12(18)7-8-16-13-10(14)5-4-6-11(13)15/h4-6,9,16H,3,7-8,15H2,1-2H3,(H,17,18). The summed E-state index contributed by atoms with van der Waals surface area (Å²) in [6, 6.07) is 4.66. The number of benzene rings is 1. The molecule has 0 radical (unpaired) electrons. The van der Waals surface area contributed by atoms with Crippen LogP contribution in [0.1, 0.15) is 26.7 Å². The van der Waals surface area contributed by atoms with Crippen molar-refractivity contribution >= 4 is 17.3 Å². The maximum absolute atomic E-state index is 13.4. The third kappa shape index (κ3) is 4.24. The fraction of sp³-hybridized carbons (Fsp3) is 0.462. The first-order valence-electron chi connectivity index (χ1n) is 6.11. The first-order chi connectivity index (χ1) is 8.54. The van der Waals surface area contributed by atoms with Crippen LogP contribution in [0.2, 0.25) is 0 Å². The molecule has 5 heteroatoms. The summed E-state index contributed by atoms with van der Waals surface area (Å²) in [5, 5.41) is 5.68. The SMILES string of the molecule is CCC(C)NC(=O)CCNc1c(N)cccc1F. The molecule has 1 aromatic rings. The van der Waals surface area contributed by atoms with E-state index in [0.29, 0.717) is 12.2 Å². The van der Waals surface area contributed by atoms with E-state index >= 15 is 0 Å². The van der Waals surface area contributed by atoms with Gasteiger partial charge in [0.1, 0.15) is 5.82 Å². The Morgan fingerprint density at radius 1 is 1.50 bits per heavy atom. The highest BCUT2D eigenvalue weighted by atomic mass is 19.1. The lowest BCUT2D eigenvalue weighted by molar-refractivity contribution is -0.121. The highest BCUT2D eigenvalue weighted by Crippen LogP contribution is 2.21. The van der Waals surface area contributed by atoms with E-state index in [2.05, 4.69) is 10.6 Å². The van der Waals surface area contributed by atoms with Gasteiger partial charge in [-0.05, 0) is 25.5 Å². The van der Waals surface area contributed by atoms with Crippen molar-refractivity contribution in [1.29, 1.82) is 0 Å². The molecule has 4 nitrogen and oxygen atoms in total. The summed E-state index contributed by atoms with van der Waals surface area (Å²) in [7, 11) is 0. The number of para-hydroxylation sites is 1. The molecule has 0 aliphatic rings. The number of anilines is 2. The van der Waals surface area contributed by atoms with E-state index in [1.807, 2.05) is 13.8 Å². The van der Waals surface area contributed by atoms with Gasteiger partial charge in [-0.2, -0.15) is 0 Å². The Bertz CT molecular complexity index is 389. The molecule has 0 bridgehead atoms. The number of carbonyl (C=O) groups is 1. The lowest BCUT2D eigenvalue weighted by Crippen LogP contribution is -2.33. The zero-order valence-electron chi connectivity index (χ0n) is 10.8. The van der Waals surface area contributed by atoms with Gasteiger partial charge in [-0.3, -0.25) is 4.79 Å². The number of nitrogens with two attached hydrogens (primary N) is 1. The van der Waals surface area contributed by atoms with Gasteiger partial charge in [0.2, 0.25) is 5.91 Å². The zero-order valence-corrected chi connectivity index (χ0v) is 10.8. The number of amides is 1. The van der Waals surface area contributed by atoms with Gasteiger partial charge < -0.3 is 16.4 Å². The fourth-order valence-corrected chi connectivity index (χ4v) is 1.48. The van der Waals surface area contributed by atoms with Crippen molar-refractivity contribution in [1.82, 2.24) is 5.32 Å². The van der Waals surface area contributed by atoms with Crippen molar-refractivity contribution in [2.24, 2.45) is 0 Å². The molecular weight excluding hydrogens is 233 g/mol. The molecular formula is C13H20FN3O. The van der Waals surface area contributed by atoms with E-state index in [1.165, 1.54) is 6.07 Å². The average Bonchev–Trinajstić information content (AvgIpc) is 2.32. The van der Waals surface area contributed by atoms with Crippen molar-refractivity contribution < 1.29 is 9.18 Å². The molecule has 1 amide bonds. The van der Waals surface area contributed by atoms with Crippen LogP contribution < -0.4 is 16.4 Å². The molecule has 100 valence electrons. The van der Waals surface area contributed by atoms with Crippen LogP contribution in [0.4, 0.5) is 15.8 Å². The van der Waals surface area contributed by atoms with Crippen molar-refractivity contribution in [2.45, 2.75) is 32.7 Å². The number of nitrogens with one attached hydrogen (secondary N) is 2. The van der Waals surface area contributed by atoms with Crippen LogP contribution >= 0.6 is 0 Å². The Balaban J connectivity index is 2.40. The number of hydrogen-bond acceptors (Lipinski definition) is 3. The molecule has 0 saturated heterocycles. The third-order valence-corrected chi connectivity index (χ3v) is 2.72. The molecule has 1 rings (SSSR count). The largest absolute Gasteiger partial charge is 0.397 e. The Morgan fingerprint density at radius 3 is 2.83 bits per heavy atom. The maximum Gasteiger partial charge on any atom is 0.221 e. The molecule has 0 fully saturated rings. The molecule has 0 aromatic heterocycles. The van der Waals surface area contributed by atoms with Crippen molar-refractivity contribution in [2.75, 3.05) is 17.6 Å². The first kappa shape index (κ1) is 14.3. The summed E-state index contributed by atoms with van der Waals surface area (Å²) in [4.78, 5) is 11.5. The van der Waals surface area contributed by atoms with Crippen LogP contribution in [-0.4, -0.2) is 18.5 Å². The minimum atomic E-state index is -0.405. The maximum atomic E-state index is 13.4. The van der Waals surface area contributed by atoms with Crippen LogP contribution in [0.5, 0.6) is 0 Å². The Kier molecular flexibility index (Phi) is 5.42. The number of nitrogen functional groups attached to an aromatic ring is 1. The molecule has 1 atom stereocenters. The molecule has 0 aliphatic heterocycles. The molecule has 0 saturated carbocycles. The van der Waals surface area contributed by atoms with E-state index in [9.17, 15) is 9.18 Å². The first-order valence-corrected chi connectivity index (χ1v) is 6.11. The topological polar surface area (TPSA) is 67.2 Å². The number of rotatable bonds is 6. The van der Waals surface area contributed by atoms with Gasteiger partial charge in [0.15, 0.2) is 0 Å². The van der Waals surface area contributed by atoms with Gasteiger partial charge in [-0.1, -0.05) is 13.0 Å². The minimum absolute atomic E-state index is 0.0493. The summed E-state index contributed by atoms with van der Waals surface area (Å²) in [6.07, 6.45) is 1.18. The lowest BCUT2D eigenvalue weighted by Gasteiger charge is -2.13. The molecule has 1 unspecified atom stereocenters. The molecule has 18 heavy (non-hydrogen) atoms. The van der Waals surface area contributed by atoms with Crippen LogP contribution in [0.25, 0.3) is 0 Å². The molecule has 0 heterocycles. The summed E-state index contributed by atoms with van der Waals surface area (Å²) in [5.41, 5.74) is 6.24. The monoisotopic (exact) mass is 253 g/mol. The van der Waals surface area contributed by atoms with Gasteiger partial charge in [0, 0.05) is 19.0 Å². The third-order valence-electron chi connectivity index (χ3n) is 2.72. The van der Waals surface area contributed by atoms with Crippen molar-refractivity contribution in [3.63, 3.8) is 0 Å². The number of hydrogen-bond donors (Lipinski definition) is 3. The summed E-state index contributed by atoms with van der Waals surface area (Å²) in [5.74, 6) is -0.455. The van der Waals surface area contributed by atoms with Gasteiger partial charge in [-0.25, -0.2) is 4.39 Å². The van der Waals surface area contributed by atoms with E-state index in [4.69, 9.17) is 5.73 Å². The Hall–Kier alpha value is -1.78. The number of carbonyl (C=O) groups excluding carboxylic acids is 1. The second-order valence-corrected chi connectivity index (χ2v) is 4.26. The summed E-state index contributed by atoms with van der Waals surface area (Å²) in [6.45, 7) is 4.30. The predicted octanol–water partition coefficient (Wildman–Crippen LogP) is 2.12. The van der Waals surface area contributed by atoms with Gasteiger partial charge in [0.25, 0.3) is 0 Å². The van der Waals surface area contributed by atoms with Crippen LogP contribution in [0.3, 0.4) is 0 Å². The second-order valence-electron chi connectivity index (χ2n) is 4.26. The average molecular weight is 253 g/mol. The highest BCUT2D eigenvalue weighted by molar-refractivity contribution is 5.77. The molecule has 0 aliphatic carbocycles. The van der Waals surface area contributed by atoms with E-state index in [-0.39, 0.29) is 24.1 Å². The highest BCUT2D eigenvalue weighted by Gasteiger charge is 2.07. The van der Waals surface area contributed by atoms with Crippen LogP contribution in [-0.2, 0) is 4.79 Å². The van der Waals surface area contributed by atoms with Gasteiger partial charge in [0.05, 0.1) is 11.4 Å². The van der Waals surface area contributed by atoms with Crippen molar-refractivity contribution in [3.8, 4) is 0 Å². The van der Waals surface area contributed by atoms with Crippen LogP contribution in [0.15, 0.2) is 18.2 Å². The van der Waals surface area contributed by atoms with Gasteiger partial charge in [-0.15, -0.1) is 0 Å². The van der Waals surface area contributed by atoms with E-state index in [1.54, 1.807) is 12.1 Å². The Labute approximate surface area is 107 Å².